The first-order valence-electron chi connectivity index (χ1n) is 9.80. The average molecular weight is 493 g/mol. The normalized spacial score (nSPS) is 12.1. The van der Waals surface area contributed by atoms with Gasteiger partial charge in [0.05, 0.1) is 10.6 Å². The van der Waals surface area contributed by atoms with Crippen LogP contribution in [0, 0.1) is 6.92 Å². The van der Waals surface area contributed by atoms with Gasteiger partial charge in [0, 0.05) is 15.7 Å². The number of hydrogen-bond donors (Lipinski definition) is 2. The second kappa shape index (κ2) is 10.3. The summed E-state index contributed by atoms with van der Waals surface area (Å²) >= 11 is 12.0. The zero-order chi connectivity index (χ0) is 23.3. The molecule has 0 heterocycles. The number of aryl methyl sites for hydroxylation is 1. The first kappa shape index (κ1) is 23.9. The maximum Gasteiger partial charge on any atom is 0.265 e. The van der Waals surface area contributed by atoms with Crippen molar-refractivity contribution < 1.29 is 17.9 Å². The van der Waals surface area contributed by atoms with E-state index in [1.165, 1.54) is 24.3 Å². The van der Waals surface area contributed by atoms with Crippen LogP contribution in [0.3, 0.4) is 0 Å². The number of rotatable bonds is 8. The monoisotopic (exact) mass is 492 g/mol. The molecule has 0 aliphatic carbocycles. The Hall–Kier alpha value is -2.74. The van der Waals surface area contributed by atoms with Crippen LogP contribution in [-0.2, 0) is 14.8 Å². The number of amides is 1. The molecule has 0 saturated heterocycles. The minimum Gasteiger partial charge on any atom is -0.481 e. The lowest BCUT2D eigenvalue weighted by molar-refractivity contribution is -0.122. The van der Waals surface area contributed by atoms with Crippen molar-refractivity contribution in [2.75, 3.05) is 10.0 Å². The van der Waals surface area contributed by atoms with E-state index in [1.54, 1.807) is 42.5 Å². The molecule has 0 radical (unpaired) electrons. The molecule has 0 fully saturated rings. The zero-order valence-electron chi connectivity index (χ0n) is 17.4. The van der Waals surface area contributed by atoms with Gasteiger partial charge in [-0.25, -0.2) is 8.42 Å². The van der Waals surface area contributed by atoms with Gasteiger partial charge in [-0.2, -0.15) is 0 Å². The summed E-state index contributed by atoms with van der Waals surface area (Å²) in [5, 5.41) is 3.72. The summed E-state index contributed by atoms with van der Waals surface area (Å²) in [4.78, 5) is 12.7. The first-order valence-corrected chi connectivity index (χ1v) is 12.0. The van der Waals surface area contributed by atoms with Crippen molar-refractivity contribution in [2.45, 2.75) is 31.3 Å². The molecule has 0 aromatic heterocycles. The number of sulfonamides is 1. The van der Waals surface area contributed by atoms with Crippen LogP contribution in [-0.4, -0.2) is 20.4 Å². The van der Waals surface area contributed by atoms with Crippen molar-refractivity contribution in [1.82, 2.24) is 0 Å². The second-order valence-electron chi connectivity index (χ2n) is 7.06. The number of ether oxygens (including phenoxy) is 1. The van der Waals surface area contributed by atoms with Crippen LogP contribution >= 0.6 is 23.2 Å². The van der Waals surface area contributed by atoms with Gasteiger partial charge in [-0.05, 0) is 73.5 Å². The molecule has 1 unspecified atom stereocenters. The van der Waals surface area contributed by atoms with Gasteiger partial charge in [0.15, 0.2) is 6.10 Å². The van der Waals surface area contributed by atoms with E-state index in [0.29, 0.717) is 33.6 Å². The molecular formula is C23H22Cl2N2O4S. The molecule has 32 heavy (non-hydrogen) atoms. The van der Waals surface area contributed by atoms with E-state index in [2.05, 4.69) is 10.0 Å². The van der Waals surface area contributed by atoms with Crippen molar-refractivity contribution in [3.63, 3.8) is 0 Å². The van der Waals surface area contributed by atoms with E-state index in [1.807, 2.05) is 13.8 Å². The van der Waals surface area contributed by atoms with Crippen LogP contribution in [0.2, 0.25) is 10.0 Å². The third-order valence-corrected chi connectivity index (χ3v) is 6.63. The number of carbonyl (C=O) groups is 1. The third kappa shape index (κ3) is 6.16. The Kier molecular flexibility index (Phi) is 7.66. The molecule has 3 aromatic rings. The molecule has 0 spiro atoms. The fourth-order valence-corrected chi connectivity index (χ4v) is 4.25. The quantitative estimate of drug-likeness (QED) is 0.409. The molecule has 3 rings (SSSR count). The molecule has 168 valence electrons. The predicted octanol–water partition coefficient (Wildman–Crippen LogP) is 5.90. The van der Waals surface area contributed by atoms with Crippen molar-refractivity contribution in [3.8, 4) is 5.75 Å². The molecular weight excluding hydrogens is 471 g/mol. The van der Waals surface area contributed by atoms with Crippen LogP contribution in [0.5, 0.6) is 5.75 Å². The minimum absolute atomic E-state index is 0.0504. The maximum absolute atomic E-state index is 12.6. The summed E-state index contributed by atoms with van der Waals surface area (Å²) in [6, 6.07) is 17.6. The van der Waals surface area contributed by atoms with Crippen molar-refractivity contribution >= 4 is 50.5 Å². The van der Waals surface area contributed by atoms with Gasteiger partial charge in [0.2, 0.25) is 0 Å². The fourth-order valence-electron chi connectivity index (χ4n) is 2.84. The predicted molar refractivity (Wildman–Crippen MR) is 128 cm³/mol. The van der Waals surface area contributed by atoms with Crippen LogP contribution in [0.4, 0.5) is 11.4 Å². The van der Waals surface area contributed by atoms with Crippen molar-refractivity contribution in [3.05, 3.63) is 82.3 Å². The Labute approximate surface area is 197 Å². The minimum atomic E-state index is -3.81. The van der Waals surface area contributed by atoms with Crippen LogP contribution < -0.4 is 14.8 Å². The topological polar surface area (TPSA) is 84.5 Å². The molecule has 1 atom stereocenters. The van der Waals surface area contributed by atoms with Crippen molar-refractivity contribution in [2.24, 2.45) is 0 Å². The van der Waals surface area contributed by atoms with Crippen LogP contribution in [0.25, 0.3) is 0 Å². The number of anilines is 2. The number of carbonyl (C=O) groups excluding carboxylic acids is 1. The first-order chi connectivity index (χ1) is 15.2. The van der Waals surface area contributed by atoms with Crippen LogP contribution in [0.15, 0.2) is 71.6 Å². The van der Waals surface area contributed by atoms with Gasteiger partial charge >= 0.3 is 0 Å². The Morgan fingerprint density at radius 2 is 1.69 bits per heavy atom. The molecule has 0 bridgehead atoms. The highest BCUT2D eigenvalue weighted by atomic mass is 35.5. The van der Waals surface area contributed by atoms with E-state index >= 15 is 0 Å². The van der Waals surface area contributed by atoms with Crippen molar-refractivity contribution in [1.29, 1.82) is 0 Å². The smallest absolute Gasteiger partial charge is 0.265 e. The number of halogens is 2. The highest BCUT2D eigenvalue weighted by Gasteiger charge is 2.20. The molecule has 3 aromatic carbocycles. The molecule has 6 nitrogen and oxygen atoms in total. The standard InChI is InChI=1S/C23H22Cl2N2O4S/c1-3-22(31-19-6-4-5-16(24)13-19)23(28)26-17-9-11-20(12-10-17)32(29,30)27-18-8-7-15(2)21(25)14-18/h4-14,22,27H,3H2,1-2H3,(H,26,28). The third-order valence-electron chi connectivity index (χ3n) is 4.59. The van der Waals surface area contributed by atoms with Gasteiger partial charge in [-0.15, -0.1) is 0 Å². The van der Waals surface area contributed by atoms with E-state index in [9.17, 15) is 13.2 Å². The number of hydrogen-bond acceptors (Lipinski definition) is 4. The molecule has 0 saturated carbocycles. The Bertz CT molecular complexity index is 1210. The van der Waals surface area contributed by atoms with Crippen LogP contribution in [0.1, 0.15) is 18.9 Å². The molecule has 1 amide bonds. The van der Waals surface area contributed by atoms with E-state index in [0.717, 1.165) is 5.56 Å². The van der Waals surface area contributed by atoms with Gasteiger partial charge in [-0.1, -0.05) is 42.3 Å². The molecule has 0 aliphatic rings. The van der Waals surface area contributed by atoms with E-state index in [-0.39, 0.29) is 10.8 Å². The van der Waals surface area contributed by atoms with E-state index < -0.39 is 16.1 Å². The molecule has 9 heteroatoms. The summed E-state index contributed by atoms with van der Waals surface area (Å²) in [6.45, 7) is 3.66. The lowest BCUT2D eigenvalue weighted by atomic mass is 10.2. The zero-order valence-corrected chi connectivity index (χ0v) is 19.8. The summed E-state index contributed by atoms with van der Waals surface area (Å²) < 4.78 is 33.5. The SMILES string of the molecule is CCC(Oc1cccc(Cl)c1)C(=O)Nc1ccc(S(=O)(=O)Nc2ccc(C)c(Cl)c2)cc1. The summed E-state index contributed by atoms with van der Waals surface area (Å²) in [5.74, 6) is 0.138. The van der Waals surface area contributed by atoms with Gasteiger partial charge in [0.1, 0.15) is 5.75 Å². The fraction of sp³-hybridized carbons (Fsp3) is 0.174. The number of benzene rings is 3. The average Bonchev–Trinajstić information content (AvgIpc) is 2.75. The van der Waals surface area contributed by atoms with Gasteiger partial charge in [0.25, 0.3) is 15.9 Å². The Morgan fingerprint density at radius 3 is 2.31 bits per heavy atom. The summed E-state index contributed by atoms with van der Waals surface area (Å²) in [6.07, 6.45) is -0.293. The highest BCUT2D eigenvalue weighted by molar-refractivity contribution is 7.92. The maximum atomic E-state index is 12.6. The second-order valence-corrected chi connectivity index (χ2v) is 9.58. The Balaban J connectivity index is 1.67. The molecule has 0 aliphatic heterocycles. The lowest BCUT2D eigenvalue weighted by Gasteiger charge is -2.17. The van der Waals surface area contributed by atoms with Gasteiger partial charge < -0.3 is 10.1 Å². The summed E-state index contributed by atoms with van der Waals surface area (Å²) in [7, 11) is -3.81. The van der Waals surface area contributed by atoms with E-state index in [4.69, 9.17) is 27.9 Å². The molecule has 2 N–H and O–H groups in total. The summed E-state index contributed by atoms with van der Waals surface area (Å²) in [5.41, 5.74) is 1.65. The highest BCUT2D eigenvalue weighted by Crippen LogP contribution is 2.24. The number of nitrogens with one attached hydrogen (secondary N) is 2. The largest absolute Gasteiger partial charge is 0.481 e. The lowest BCUT2D eigenvalue weighted by Crippen LogP contribution is -2.32. The van der Waals surface area contributed by atoms with Gasteiger partial charge in [-0.3, -0.25) is 9.52 Å². The Morgan fingerprint density at radius 1 is 1.00 bits per heavy atom.